The number of carboxylic acid groups (broad SMARTS) is 1. The molecule has 322 valence electrons. The lowest BCUT2D eigenvalue weighted by molar-refractivity contribution is -0.161. The molecule has 4 atom stereocenters. The second-order valence-corrected chi connectivity index (χ2v) is 16.3. The Balaban J connectivity index is 4.49. The van der Waals surface area contributed by atoms with Gasteiger partial charge < -0.3 is 25.2 Å². The maximum atomic E-state index is 12.7. The van der Waals surface area contributed by atoms with E-state index in [-0.39, 0.29) is 19.4 Å². The number of carbonyl (C=O) groups is 3. The van der Waals surface area contributed by atoms with E-state index in [9.17, 15) is 23.8 Å². The van der Waals surface area contributed by atoms with Gasteiger partial charge in [0.15, 0.2) is 6.10 Å². The Bertz CT molecular complexity index is 1050. The number of carbonyl (C=O) groups excluding carboxylic acids is 2. The van der Waals surface area contributed by atoms with Gasteiger partial charge in [-0.2, -0.15) is 0 Å². The van der Waals surface area contributed by atoms with Crippen LogP contribution in [0.4, 0.5) is 0 Å². The Morgan fingerprint density at radius 3 is 1.40 bits per heavy atom. The summed E-state index contributed by atoms with van der Waals surface area (Å²) in [4.78, 5) is 46.4. The molecule has 0 aromatic heterocycles. The number of allylic oxidation sites excluding steroid dienone is 4. The van der Waals surface area contributed by atoms with Gasteiger partial charge in [-0.3, -0.25) is 23.4 Å². The van der Waals surface area contributed by atoms with Crippen molar-refractivity contribution < 1.29 is 47.5 Å². The summed E-state index contributed by atoms with van der Waals surface area (Å²) >= 11 is 0. The van der Waals surface area contributed by atoms with E-state index in [1.165, 1.54) is 84.0 Å². The smallest absolute Gasteiger partial charge is 0.472 e. The third-order valence-corrected chi connectivity index (χ3v) is 10.6. The third-order valence-electron chi connectivity index (χ3n) is 9.53. The first kappa shape index (κ1) is 53.0. The number of esters is 2. The first-order chi connectivity index (χ1) is 26.5. The molecule has 0 heterocycles. The first-order valence-electron chi connectivity index (χ1n) is 21.8. The number of phosphoric acid groups is 1. The Hall–Kier alpha value is -2.04. The fraction of sp³-hybridized carbons (Fsp3) is 0.837. The minimum atomic E-state index is -4.77. The molecule has 0 saturated heterocycles. The highest BCUT2D eigenvalue weighted by atomic mass is 31.2. The van der Waals surface area contributed by atoms with Gasteiger partial charge in [0, 0.05) is 12.8 Å². The van der Waals surface area contributed by atoms with Crippen molar-refractivity contribution in [3.63, 3.8) is 0 Å². The molecule has 12 heteroatoms. The lowest BCUT2D eigenvalue weighted by atomic mass is 10.1. The van der Waals surface area contributed by atoms with Crippen molar-refractivity contribution in [2.24, 2.45) is 5.73 Å². The fourth-order valence-corrected chi connectivity index (χ4v) is 6.95. The van der Waals surface area contributed by atoms with E-state index in [1.54, 1.807) is 0 Å². The Morgan fingerprint density at radius 1 is 0.600 bits per heavy atom. The van der Waals surface area contributed by atoms with E-state index in [0.717, 1.165) is 77.0 Å². The van der Waals surface area contributed by atoms with Gasteiger partial charge in [0.05, 0.1) is 12.7 Å². The van der Waals surface area contributed by atoms with Crippen LogP contribution in [0.2, 0.25) is 0 Å². The topological polar surface area (TPSA) is 172 Å². The van der Waals surface area contributed by atoms with Crippen LogP contribution in [0, 0.1) is 0 Å². The molecular weight excluding hydrogens is 721 g/mol. The molecule has 0 aromatic rings. The monoisotopic (exact) mass is 802 g/mol. The highest BCUT2D eigenvalue weighted by Crippen LogP contribution is 2.45. The SMILES string of the molecule is CCCCCCCC/C=C\CCCCCCCC(=O)OC[C@H](COP(=O)(O)O[C@H](C)[C@H](N)C(=O)O)OC(=O)CCCCCCC/C=C\CCCCCCCC. The molecule has 1 unspecified atom stereocenters. The maximum Gasteiger partial charge on any atom is 0.472 e. The maximum absolute atomic E-state index is 12.7. The summed E-state index contributed by atoms with van der Waals surface area (Å²) in [5.41, 5.74) is 5.47. The Labute approximate surface area is 334 Å². The van der Waals surface area contributed by atoms with Gasteiger partial charge in [-0.05, 0) is 71.1 Å². The molecule has 0 rings (SSSR count). The predicted molar refractivity (Wildman–Crippen MR) is 222 cm³/mol. The standard InChI is InChI=1S/C43H80NO10P/c1-4-6-8-10-12-14-16-18-20-22-24-26-28-30-32-34-40(45)51-36-39(37-52-55(49,50)54-38(3)42(44)43(47)48)53-41(46)35-33-31-29-27-25-23-21-19-17-15-13-11-9-7-5-2/h18-21,38-39,42H,4-17,22-37,44H2,1-3H3,(H,47,48)(H,49,50)/b20-18-,21-19-/t38-,39-,42+/m1/s1. The summed E-state index contributed by atoms with van der Waals surface area (Å²) in [6.07, 6.45) is 36.7. The summed E-state index contributed by atoms with van der Waals surface area (Å²) in [6, 6.07) is -1.55. The van der Waals surface area contributed by atoms with Crippen molar-refractivity contribution in [3.8, 4) is 0 Å². The molecule has 0 aliphatic heterocycles. The molecule has 0 radical (unpaired) electrons. The van der Waals surface area contributed by atoms with Crippen molar-refractivity contribution in [3.05, 3.63) is 24.3 Å². The minimum Gasteiger partial charge on any atom is -0.480 e. The summed E-state index contributed by atoms with van der Waals surface area (Å²) in [7, 11) is -4.77. The van der Waals surface area contributed by atoms with Crippen LogP contribution < -0.4 is 5.73 Å². The van der Waals surface area contributed by atoms with Crippen LogP contribution in [0.5, 0.6) is 0 Å². The lowest BCUT2D eigenvalue weighted by Crippen LogP contribution is -2.41. The lowest BCUT2D eigenvalue weighted by Gasteiger charge is -2.22. The van der Waals surface area contributed by atoms with Gasteiger partial charge in [-0.1, -0.05) is 141 Å². The van der Waals surface area contributed by atoms with Crippen LogP contribution in [-0.4, -0.2) is 59.4 Å². The zero-order valence-corrected chi connectivity index (χ0v) is 35.8. The summed E-state index contributed by atoms with van der Waals surface area (Å²) < 4.78 is 33.2. The number of ether oxygens (including phenoxy) is 2. The molecule has 0 aromatic carbocycles. The van der Waals surface area contributed by atoms with Gasteiger partial charge in [0.25, 0.3) is 0 Å². The zero-order chi connectivity index (χ0) is 40.8. The molecule has 0 fully saturated rings. The Morgan fingerprint density at radius 2 is 0.982 bits per heavy atom. The first-order valence-corrected chi connectivity index (χ1v) is 23.3. The minimum absolute atomic E-state index is 0.148. The van der Waals surface area contributed by atoms with Gasteiger partial charge in [-0.15, -0.1) is 0 Å². The van der Waals surface area contributed by atoms with E-state index in [0.29, 0.717) is 12.8 Å². The molecule has 0 aliphatic carbocycles. The van der Waals surface area contributed by atoms with E-state index in [4.69, 9.17) is 29.4 Å². The number of phosphoric ester groups is 1. The normalized spacial score (nSPS) is 14.6. The molecule has 0 amide bonds. The van der Waals surface area contributed by atoms with Crippen molar-refractivity contribution in [1.82, 2.24) is 0 Å². The largest absolute Gasteiger partial charge is 0.480 e. The average Bonchev–Trinajstić information content (AvgIpc) is 3.15. The van der Waals surface area contributed by atoms with Crippen LogP contribution in [0.15, 0.2) is 24.3 Å². The average molecular weight is 802 g/mol. The highest BCUT2D eigenvalue weighted by molar-refractivity contribution is 7.47. The van der Waals surface area contributed by atoms with E-state index >= 15 is 0 Å². The molecule has 0 aliphatic rings. The summed E-state index contributed by atoms with van der Waals surface area (Å²) in [6.45, 7) is 4.75. The van der Waals surface area contributed by atoms with Crippen LogP contribution in [-0.2, 0) is 37.5 Å². The number of aliphatic carboxylic acids is 1. The predicted octanol–water partition coefficient (Wildman–Crippen LogP) is 11.5. The number of unbranched alkanes of at least 4 members (excludes halogenated alkanes) is 22. The molecule has 0 spiro atoms. The number of hydrogen-bond acceptors (Lipinski definition) is 9. The quantitative estimate of drug-likeness (QED) is 0.0233. The van der Waals surface area contributed by atoms with Gasteiger partial charge in [0.2, 0.25) is 0 Å². The van der Waals surface area contributed by atoms with Crippen molar-refractivity contribution >= 4 is 25.7 Å². The van der Waals surface area contributed by atoms with Gasteiger partial charge in [-0.25, -0.2) is 4.57 Å². The second kappa shape index (κ2) is 37.5. The second-order valence-electron chi connectivity index (χ2n) is 14.9. The van der Waals surface area contributed by atoms with Crippen molar-refractivity contribution in [2.75, 3.05) is 13.2 Å². The zero-order valence-electron chi connectivity index (χ0n) is 34.9. The number of hydrogen-bond donors (Lipinski definition) is 3. The van der Waals surface area contributed by atoms with Crippen LogP contribution in [0.25, 0.3) is 0 Å². The number of nitrogens with two attached hydrogens (primary N) is 1. The van der Waals surface area contributed by atoms with E-state index < -0.39 is 50.6 Å². The molecule has 0 bridgehead atoms. The number of rotatable bonds is 40. The van der Waals surface area contributed by atoms with Gasteiger partial charge in [0.1, 0.15) is 12.6 Å². The highest BCUT2D eigenvalue weighted by Gasteiger charge is 2.32. The molecule has 0 saturated carbocycles. The van der Waals surface area contributed by atoms with Crippen molar-refractivity contribution in [1.29, 1.82) is 0 Å². The fourth-order valence-electron chi connectivity index (χ4n) is 5.98. The van der Waals surface area contributed by atoms with Crippen LogP contribution in [0.1, 0.15) is 201 Å². The van der Waals surface area contributed by atoms with Crippen LogP contribution >= 0.6 is 7.82 Å². The third kappa shape index (κ3) is 36.1. The molecule has 11 nitrogen and oxygen atoms in total. The van der Waals surface area contributed by atoms with Crippen molar-refractivity contribution in [2.45, 2.75) is 219 Å². The molecule has 55 heavy (non-hydrogen) atoms. The van der Waals surface area contributed by atoms with Gasteiger partial charge >= 0.3 is 25.7 Å². The van der Waals surface area contributed by atoms with E-state index in [2.05, 4.69) is 38.2 Å². The van der Waals surface area contributed by atoms with E-state index in [1.807, 2.05) is 0 Å². The Kier molecular flexibility index (Phi) is 36.1. The molecular formula is C43H80NO10P. The summed E-state index contributed by atoms with van der Waals surface area (Å²) in [5.74, 6) is -2.40. The summed E-state index contributed by atoms with van der Waals surface area (Å²) in [5, 5.41) is 9.05. The van der Waals surface area contributed by atoms with Crippen LogP contribution in [0.3, 0.4) is 0 Å². The number of carboxylic acids is 1. The molecule has 4 N–H and O–H groups in total.